The van der Waals surface area contributed by atoms with E-state index in [1.54, 1.807) is 0 Å². The maximum Gasteiger partial charge on any atom is 0.0510 e. The van der Waals surface area contributed by atoms with Gasteiger partial charge in [-0.1, -0.05) is 36.8 Å². The number of hydrogen-bond donors (Lipinski definition) is 1. The standard InChI is InChI=1S/C16H25NO/c1-3-8-17-16(15-7-9-18-12-15)11-14-6-4-5-13(2)10-14/h4-6,10,15-17H,3,7-9,11-12H2,1-2H3. The lowest BCUT2D eigenvalue weighted by Crippen LogP contribution is -2.38. The Kier molecular flexibility index (Phi) is 5.21. The van der Waals surface area contributed by atoms with E-state index in [0.29, 0.717) is 12.0 Å². The maximum atomic E-state index is 5.54. The molecule has 2 atom stereocenters. The van der Waals surface area contributed by atoms with Crippen molar-refractivity contribution in [3.63, 3.8) is 0 Å². The molecular weight excluding hydrogens is 222 g/mol. The van der Waals surface area contributed by atoms with E-state index in [1.807, 2.05) is 0 Å². The van der Waals surface area contributed by atoms with Crippen molar-refractivity contribution in [2.45, 2.75) is 39.2 Å². The minimum Gasteiger partial charge on any atom is -0.381 e. The van der Waals surface area contributed by atoms with Crippen molar-refractivity contribution in [2.24, 2.45) is 5.92 Å². The van der Waals surface area contributed by atoms with E-state index < -0.39 is 0 Å². The number of rotatable bonds is 6. The molecule has 0 aliphatic carbocycles. The summed E-state index contributed by atoms with van der Waals surface area (Å²) < 4.78 is 5.54. The summed E-state index contributed by atoms with van der Waals surface area (Å²) in [6.07, 6.45) is 3.51. The average molecular weight is 247 g/mol. The van der Waals surface area contributed by atoms with E-state index in [1.165, 1.54) is 24.0 Å². The smallest absolute Gasteiger partial charge is 0.0510 e. The zero-order valence-corrected chi connectivity index (χ0v) is 11.6. The molecule has 2 heteroatoms. The van der Waals surface area contributed by atoms with Crippen molar-refractivity contribution < 1.29 is 4.74 Å². The van der Waals surface area contributed by atoms with Crippen LogP contribution in [0.3, 0.4) is 0 Å². The first-order chi connectivity index (χ1) is 8.79. The first-order valence-electron chi connectivity index (χ1n) is 7.16. The molecule has 1 heterocycles. The first kappa shape index (κ1) is 13.6. The second-order valence-electron chi connectivity index (χ2n) is 5.38. The summed E-state index contributed by atoms with van der Waals surface area (Å²) in [5.41, 5.74) is 2.79. The molecule has 2 unspecified atom stereocenters. The third-order valence-corrected chi connectivity index (χ3v) is 3.73. The highest BCUT2D eigenvalue weighted by atomic mass is 16.5. The van der Waals surface area contributed by atoms with Gasteiger partial charge in [-0.05, 0) is 38.3 Å². The van der Waals surface area contributed by atoms with Crippen molar-refractivity contribution in [2.75, 3.05) is 19.8 Å². The van der Waals surface area contributed by atoms with Gasteiger partial charge in [0.15, 0.2) is 0 Å². The second kappa shape index (κ2) is 6.91. The van der Waals surface area contributed by atoms with Gasteiger partial charge >= 0.3 is 0 Å². The van der Waals surface area contributed by atoms with Crippen molar-refractivity contribution in [1.29, 1.82) is 0 Å². The fraction of sp³-hybridized carbons (Fsp3) is 0.625. The Hall–Kier alpha value is -0.860. The Labute approximate surface area is 111 Å². The lowest BCUT2D eigenvalue weighted by atomic mass is 9.92. The van der Waals surface area contributed by atoms with E-state index in [2.05, 4.69) is 43.4 Å². The van der Waals surface area contributed by atoms with Gasteiger partial charge in [0.05, 0.1) is 6.61 Å². The molecule has 100 valence electrons. The molecule has 0 aromatic heterocycles. The van der Waals surface area contributed by atoms with Crippen LogP contribution in [0.25, 0.3) is 0 Å². The summed E-state index contributed by atoms with van der Waals surface area (Å²) in [5.74, 6) is 0.678. The van der Waals surface area contributed by atoms with Crippen LogP contribution >= 0.6 is 0 Å². The average Bonchev–Trinajstić information content (AvgIpc) is 2.88. The molecule has 1 aliphatic rings. The van der Waals surface area contributed by atoms with Crippen LogP contribution in [-0.2, 0) is 11.2 Å². The molecule has 1 saturated heterocycles. The minimum absolute atomic E-state index is 0.564. The van der Waals surface area contributed by atoms with Crippen LogP contribution < -0.4 is 5.32 Å². The molecule has 18 heavy (non-hydrogen) atoms. The van der Waals surface area contributed by atoms with Gasteiger partial charge in [-0.25, -0.2) is 0 Å². The van der Waals surface area contributed by atoms with Gasteiger partial charge in [0.1, 0.15) is 0 Å². The monoisotopic (exact) mass is 247 g/mol. The zero-order chi connectivity index (χ0) is 12.8. The van der Waals surface area contributed by atoms with Gasteiger partial charge in [0.2, 0.25) is 0 Å². The summed E-state index contributed by atoms with van der Waals surface area (Å²) in [4.78, 5) is 0. The van der Waals surface area contributed by atoms with E-state index in [9.17, 15) is 0 Å². The van der Waals surface area contributed by atoms with Crippen molar-refractivity contribution in [1.82, 2.24) is 5.32 Å². The lowest BCUT2D eigenvalue weighted by molar-refractivity contribution is 0.176. The molecule has 0 saturated carbocycles. The fourth-order valence-electron chi connectivity index (χ4n) is 2.70. The number of hydrogen-bond acceptors (Lipinski definition) is 2. The number of aryl methyl sites for hydroxylation is 1. The SMILES string of the molecule is CCCNC(Cc1cccc(C)c1)C1CCOC1. The molecule has 1 N–H and O–H groups in total. The highest BCUT2D eigenvalue weighted by Gasteiger charge is 2.25. The molecule has 2 rings (SSSR count). The van der Waals surface area contributed by atoms with Crippen LogP contribution in [0.4, 0.5) is 0 Å². The quantitative estimate of drug-likeness (QED) is 0.834. The summed E-state index contributed by atoms with van der Waals surface area (Å²) in [6.45, 7) is 7.35. The Morgan fingerprint density at radius 2 is 2.33 bits per heavy atom. The Bertz CT molecular complexity index is 358. The number of nitrogens with one attached hydrogen (secondary N) is 1. The Morgan fingerprint density at radius 3 is 3.00 bits per heavy atom. The van der Waals surface area contributed by atoms with Crippen molar-refractivity contribution in [3.8, 4) is 0 Å². The summed E-state index contributed by atoms with van der Waals surface area (Å²) in [5, 5.41) is 3.70. The predicted octanol–water partition coefficient (Wildman–Crippen LogP) is 2.94. The molecule has 1 aliphatic heterocycles. The van der Waals surface area contributed by atoms with E-state index in [0.717, 1.165) is 26.2 Å². The van der Waals surface area contributed by atoms with Crippen LogP contribution in [0.1, 0.15) is 30.9 Å². The van der Waals surface area contributed by atoms with Crippen molar-refractivity contribution in [3.05, 3.63) is 35.4 Å². The van der Waals surface area contributed by atoms with Gasteiger partial charge in [-0.15, -0.1) is 0 Å². The first-order valence-corrected chi connectivity index (χ1v) is 7.16. The summed E-state index contributed by atoms with van der Waals surface area (Å²) in [6, 6.07) is 9.43. The molecule has 1 fully saturated rings. The van der Waals surface area contributed by atoms with Crippen LogP contribution in [0.15, 0.2) is 24.3 Å². The van der Waals surface area contributed by atoms with Crippen molar-refractivity contribution >= 4 is 0 Å². The fourth-order valence-corrected chi connectivity index (χ4v) is 2.70. The zero-order valence-electron chi connectivity index (χ0n) is 11.6. The molecule has 0 bridgehead atoms. The van der Waals surface area contributed by atoms with Gasteiger partial charge in [0.25, 0.3) is 0 Å². The van der Waals surface area contributed by atoms with Gasteiger partial charge < -0.3 is 10.1 Å². The summed E-state index contributed by atoms with van der Waals surface area (Å²) in [7, 11) is 0. The lowest BCUT2D eigenvalue weighted by Gasteiger charge is -2.24. The van der Waals surface area contributed by atoms with Gasteiger partial charge in [0, 0.05) is 18.6 Å². The maximum absolute atomic E-state index is 5.54. The third-order valence-electron chi connectivity index (χ3n) is 3.73. The Morgan fingerprint density at radius 1 is 1.44 bits per heavy atom. The molecule has 0 spiro atoms. The number of benzene rings is 1. The third kappa shape index (κ3) is 3.82. The molecule has 0 amide bonds. The van der Waals surface area contributed by atoms with Crippen LogP contribution in [-0.4, -0.2) is 25.8 Å². The topological polar surface area (TPSA) is 21.3 Å². The highest BCUT2D eigenvalue weighted by Crippen LogP contribution is 2.20. The molecular formula is C16H25NO. The van der Waals surface area contributed by atoms with Crippen LogP contribution in [0.2, 0.25) is 0 Å². The molecule has 0 radical (unpaired) electrons. The second-order valence-corrected chi connectivity index (χ2v) is 5.38. The van der Waals surface area contributed by atoms with E-state index >= 15 is 0 Å². The highest BCUT2D eigenvalue weighted by molar-refractivity contribution is 5.23. The number of ether oxygens (including phenoxy) is 1. The van der Waals surface area contributed by atoms with Gasteiger partial charge in [-0.3, -0.25) is 0 Å². The van der Waals surface area contributed by atoms with Crippen LogP contribution in [0.5, 0.6) is 0 Å². The molecule has 1 aromatic rings. The normalized spacial score (nSPS) is 21.1. The summed E-state index contributed by atoms with van der Waals surface area (Å²) >= 11 is 0. The van der Waals surface area contributed by atoms with E-state index in [-0.39, 0.29) is 0 Å². The largest absolute Gasteiger partial charge is 0.381 e. The molecule has 1 aromatic carbocycles. The predicted molar refractivity (Wildman–Crippen MR) is 75.9 cm³/mol. The Balaban J connectivity index is 1.99. The van der Waals surface area contributed by atoms with E-state index in [4.69, 9.17) is 4.74 Å². The van der Waals surface area contributed by atoms with Crippen LogP contribution in [0, 0.1) is 12.8 Å². The van der Waals surface area contributed by atoms with Gasteiger partial charge in [-0.2, -0.15) is 0 Å². The molecule has 2 nitrogen and oxygen atoms in total. The minimum atomic E-state index is 0.564.